The van der Waals surface area contributed by atoms with E-state index in [0.717, 1.165) is 12.8 Å². The predicted octanol–water partition coefficient (Wildman–Crippen LogP) is 1.86. The molecule has 0 bridgehead atoms. The van der Waals surface area contributed by atoms with Crippen LogP contribution in [0.1, 0.15) is 44.8 Å². The Balaban J connectivity index is 1.64. The number of rotatable bonds is 4. The average molecular weight is 368 g/mol. The molecule has 2 aromatic heterocycles. The normalized spacial score (nSPS) is 27.9. The molecule has 4 rings (SSSR count). The molecule has 0 unspecified atom stereocenters. The van der Waals surface area contributed by atoms with Gasteiger partial charge in [-0.25, -0.2) is 4.98 Å². The van der Waals surface area contributed by atoms with Crippen molar-refractivity contribution < 1.29 is 14.9 Å². The summed E-state index contributed by atoms with van der Waals surface area (Å²) in [6, 6.07) is 0.372. The Kier molecular flexibility index (Phi) is 4.77. The Morgan fingerprint density at radius 1 is 1.28 bits per heavy atom. The number of hydrogen-bond acceptors (Lipinski definition) is 7. The number of fused-ring (bicyclic) bond motifs is 1. The molecule has 0 amide bonds. The molecule has 1 aliphatic carbocycles. The Hall–Kier alpha value is -1.48. The second-order valence-electron chi connectivity index (χ2n) is 6.76. The fourth-order valence-corrected chi connectivity index (χ4v) is 3.86. The summed E-state index contributed by atoms with van der Waals surface area (Å²) in [7, 11) is 0. The summed E-state index contributed by atoms with van der Waals surface area (Å²) in [6.07, 6.45) is 6.16. The Bertz CT molecular complexity index is 749. The number of aromatic nitrogens is 4. The third-order valence-corrected chi connectivity index (χ3v) is 5.20. The molecule has 1 saturated heterocycles. The van der Waals surface area contributed by atoms with Crippen LogP contribution < -0.4 is 5.32 Å². The number of nitrogens with one attached hydrogen (secondary N) is 1. The molecule has 2 fully saturated rings. The van der Waals surface area contributed by atoms with Crippen molar-refractivity contribution in [1.29, 1.82) is 0 Å². The summed E-state index contributed by atoms with van der Waals surface area (Å²) in [5.41, 5.74) is 1.20. The first kappa shape index (κ1) is 17.0. The first-order valence-corrected chi connectivity index (χ1v) is 9.14. The fourth-order valence-electron chi connectivity index (χ4n) is 3.69. The van der Waals surface area contributed by atoms with Crippen molar-refractivity contribution in [3.8, 4) is 0 Å². The van der Waals surface area contributed by atoms with E-state index in [1.165, 1.54) is 19.3 Å². The number of imidazole rings is 1. The van der Waals surface area contributed by atoms with Gasteiger partial charge in [0.25, 0.3) is 0 Å². The van der Waals surface area contributed by atoms with Crippen LogP contribution >= 0.6 is 11.6 Å². The smallest absolute Gasteiger partial charge is 0.226 e. The third kappa shape index (κ3) is 3.31. The number of nitrogens with zero attached hydrogens (tertiary/aromatic N) is 4. The number of hydrogen-bond donors (Lipinski definition) is 3. The molecule has 0 aromatic carbocycles. The van der Waals surface area contributed by atoms with E-state index in [4.69, 9.17) is 16.3 Å². The van der Waals surface area contributed by atoms with Crippen molar-refractivity contribution in [2.45, 2.75) is 63.0 Å². The van der Waals surface area contributed by atoms with Crippen molar-refractivity contribution >= 4 is 28.6 Å². The third-order valence-electron chi connectivity index (χ3n) is 5.03. The molecule has 8 nitrogen and oxygen atoms in total. The maximum Gasteiger partial charge on any atom is 0.226 e. The largest absolute Gasteiger partial charge is 0.394 e. The lowest BCUT2D eigenvalue weighted by Gasteiger charge is -2.23. The Morgan fingerprint density at radius 3 is 2.80 bits per heavy atom. The van der Waals surface area contributed by atoms with Crippen LogP contribution in [0.4, 0.5) is 5.82 Å². The molecule has 3 heterocycles. The minimum absolute atomic E-state index is 0.143. The van der Waals surface area contributed by atoms with Crippen molar-refractivity contribution in [2.75, 3.05) is 11.9 Å². The maximum absolute atomic E-state index is 9.97. The zero-order valence-electron chi connectivity index (χ0n) is 13.8. The quantitative estimate of drug-likeness (QED) is 0.708. The Morgan fingerprint density at radius 2 is 2.08 bits per heavy atom. The molecular weight excluding hydrogens is 346 g/mol. The van der Waals surface area contributed by atoms with Gasteiger partial charge >= 0.3 is 0 Å². The monoisotopic (exact) mass is 367 g/mol. The highest BCUT2D eigenvalue weighted by Crippen LogP contribution is 2.33. The number of ether oxygens (including phenoxy) is 1. The zero-order valence-corrected chi connectivity index (χ0v) is 14.6. The molecule has 136 valence electrons. The number of anilines is 1. The second-order valence-corrected chi connectivity index (χ2v) is 7.10. The Labute approximate surface area is 150 Å². The van der Waals surface area contributed by atoms with Gasteiger partial charge in [0.15, 0.2) is 17.0 Å². The lowest BCUT2D eigenvalue weighted by Crippen LogP contribution is -2.24. The first-order chi connectivity index (χ1) is 12.2. The molecule has 3 N–H and O–H groups in total. The van der Waals surface area contributed by atoms with Crippen LogP contribution in [0, 0.1) is 0 Å². The molecule has 9 heteroatoms. The maximum atomic E-state index is 9.97. The topological polar surface area (TPSA) is 105 Å². The van der Waals surface area contributed by atoms with Crippen molar-refractivity contribution in [3.63, 3.8) is 0 Å². The molecular formula is C16H22ClN5O3. The molecule has 2 aliphatic rings. The van der Waals surface area contributed by atoms with Crippen LogP contribution in [0.25, 0.3) is 11.2 Å². The van der Waals surface area contributed by atoms with E-state index >= 15 is 0 Å². The van der Waals surface area contributed by atoms with Gasteiger partial charge in [0, 0.05) is 12.5 Å². The van der Waals surface area contributed by atoms with E-state index in [9.17, 15) is 10.2 Å². The van der Waals surface area contributed by atoms with Gasteiger partial charge in [0.1, 0.15) is 12.3 Å². The standard InChI is InChI=1S/C16H22ClN5O3/c17-16-20-14(19-9-4-2-1-3-5-9)13-15(21-16)22(8-18-13)12-6-10(24)11(7-23)25-12/h8-12,23-24H,1-7H2,(H,19,20,21)/t10-,11+,12+/m0/s1. The molecule has 3 atom stereocenters. The van der Waals surface area contributed by atoms with Crippen LogP contribution in [-0.2, 0) is 4.74 Å². The molecule has 25 heavy (non-hydrogen) atoms. The van der Waals surface area contributed by atoms with Gasteiger partial charge in [-0.1, -0.05) is 19.3 Å². The van der Waals surface area contributed by atoms with Crippen LogP contribution in [0.15, 0.2) is 6.33 Å². The lowest BCUT2D eigenvalue weighted by molar-refractivity contribution is -0.0432. The molecule has 0 spiro atoms. The summed E-state index contributed by atoms with van der Waals surface area (Å²) in [4.78, 5) is 13.1. The van der Waals surface area contributed by atoms with E-state index in [2.05, 4.69) is 20.3 Å². The molecule has 2 aromatic rings. The number of aliphatic hydroxyl groups excluding tert-OH is 2. The van der Waals surface area contributed by atoms with Gasteiger partial charge < -0.3 is 20.3 Å². The minimum atomic E-state index is -0.718. The predicted molar refractivity (Wildman–Crippen MR) is 92.4 cm³/mol. The highest BCUT2D eigenvalue weighted by Gasteiger charge is 2.35. The molecule has 1 saturated carbocycles. The lowest BCUT2D eigenvalue weighted by atomic mass is 9.95. The van der Waals surface area contributed by atoms with E-state index < -0.39 is 18.4 Å². The van der Waals surface area contributed by atoms with Crippen molar-refractivity contribution in [3.05, 3.63) is 11.6 Å². The van der Waals surface area contributed by atoms with Crippen LogP contribution in [0.2, 0.25) is 5.28 Å². The van der Waals surface area contributed by atoms with E-state index in [-0.39, 0.29) is 11.9 Å². The van der Waals surface area contributed by atoms with Gasteiger partial charge in [-0.2, -0.15) is 9.97 Å². The SMILES string of the molecule is OC[C@H]1O[C@@H](n2cnc3c(NC4CCCCC4)nc(Cl)nc32)C[C@@H]1O. The summed E-state index contributed by atoms with van der Waals surface area (Å²) >= 11 is 6.13. The van der Waals surface area contributed by atoms with Crippen LogP contribution in [-0.4, -0.2) is 54.6 Å². The average Bonchev–Trinajstić information content (AvgIpc) is 3.18. The fraction of sp³-hybridized carbons (Fsp3) is 0.688. The molecule has 0 radical (unpaired) electrons. The van der Waals surface area contributed by atoms with Crippen molar-refractivity contribution in [2.24, 2.45) is 0 Å². The highest BCUT2D eigenvalue weighted by molar-refractivity contribution is 6.28. The highest BCUT2D eigenvalue weighted by atomic mass is 35.5. The van der Waals surface area contributed by atoms with E-state index in [0.29, 0.717) is 29.4 Å². The van der Waals surface area contributed by atoms with E-state index in [1.807, 2.05) is 0 Å². The van der Waals surface area contributed by atoms with Gasteiger partial charge in [-0.3, -0.25) is 4.57 Å². The summed E-state index contributed by atoms with van der Waals surface area (Å²) in [6.45, 7) is -0.228. The zero-order chi connectivity index (χ0) is 17.4. The summed E-state index contributed by atoms with van der Waals surface area (Å²) in [5, 5.41) is 22.8. The minimum Gasteiger partial charge on any atom is -0.394 e. The van der Waals surface area contributed by atoms with Crippen LogP contribution in [0.5, 0.6) is 0 Å². The van der Waals surface area contributed by atoms with Crippen molar-refractivity contribution in [1.82, 2.24) is 19.5 Å². The van der Waals surface area contributed by atoms with Gasteiger partial charge in [0.2, 0.25) is 5.28 Å². The number of aliphatic hydroxyl groups is 2. The summed E-state index contributed by atoms with van der Waals surface area (Å²) in [5.74, 6) is 0.637. The van der Waals surface area contributed by atoms with Gasteiger partial charge in [0.05, 0.1) is 19.0 Å². The number of halogens is 1. The van der Waals surface area contributed by atoms with Crippen LogP contribution in [0.3, 0.4) is 0 Å². The molecule has 1 aliphatic heterocycles. The summed E-state index contributed by atoms with van der Waals surface area (Å²) < 4.78 is 7.45. The van der Waals surface area contributed by atoms with Gasteiger partial charge in [-0.05, 0) is 24.4 Å². The first-order valence-electron chi connectivity index (χ1n) is 8.76. The second kappa shape index (κ2) is 7.03. The van der Waals surface area contributed by atoms with Gasteiger partial charge in [-0.15, -0.1) is 0 Å². The van der Waals surface area contributed by atoms with E-state index in [1.54, 1.807) is 10.9 Å².